The number of aryl methyl sites for hydroxylation is 1. The summed E-state index contributed by atoms with van der Waals surface area (Å²) in [7, 11) is 0. The Morgan fingerprint density at radius 1 is 1.03 bits per heavy atom. The van der Waals surface area contributed by atoms with Crippen LogP contribution in [0.2, 0.25) is 0 Å². The lowest BCUT2D eigenvalue weighted by atomic mass is 10.1. The molecule has 7 nitrogen and oxygen atoms in total. The molecule has 2 aliphatic heterocycles. The van der Waals surface area contributed by atoms with Crippen molar-refractivity contribution >= 4 is 17.3 Å². The van der Waals surface area contributed by atoms with E-state index in [9.17, 15) is 9.18 Å². The molecule has 2 aromatic carbocycles. The number of anilines is 2. The van der Waals surface area contributed by atoms with E-state index in [0.717, 1.165) is 30.9 Å². The van der Waals surface area contributed by atoms with Crippen LogP contribution >= 0.6 is 0 Å². The standard InChI is InChI=1S/C21H27FN6O/c1-2-15-3-7-17(8-4-15)23-20-19(24-26-25-20)21(29)28-13-11-27(12-14-28)18-9-5-16(22)6-10-18/h3-10,19-20,23-26H,2,11-14H2,1H3. The maximum absolute atomic E-state index is 13.1. The average Bonchev–Trinajstić information content (AvgIpc) is 3.22. The third kappa shape index (κ3) is 4.50. The van der Waals surface area contributed by atoms with Crippen LogP contribution in [-0.4, -0.2) is 49.2 Å². The van der Waals surface area contributed by atoms with Crippen LogP contribution in [0.25, 0.3) is 0 Å². The summed E-state index contributed by atoms with van der Waals surface area (Å²) in [6, 6.07) is 14.3. The Morgan fingerprint density at radius 3 is 2.38 bits per heavy atom. The van der Waals surface area contributed by atoms with E-state index in [2.05, 4.69) is 45.7 Å². The van der Waals surface area contributed by atoms with Gasteiger partial charge in [-0.05, 0) is 48.4 Å². The number of hydrogen-bond acceptors (Lipinski definition) is 6. The molecule has 4 rings (SSSR count). The molecule has 0 bridgehead atoms. The summed E-state index contributed by atoms with van der Waals surface area (Å²) in [6.07, 6.45) is 0.737. The van der Waals surface area contributed by atoms with Gasteiger partial charge in [0.25, 0.3) is 0 Å². The van der Waals surface area contributed by atoms with Gasteiger partial charge in [-0.2, -0.15) is 5.53 Å². The molecular weight excluding hydrogens is 371 g/mol. The molecule has 2 saturated heterocycles. The number of amides is 1. The molecule has 2 heterocycles. The predicted molar refractivity (Wildman–Crippen MR) is 112 cm³/mol. The number of hydrogen-bond donors (Lipinski definition) is 4. The Labute approximate surface area is 170 Å². The van der Waals surface area contributed by atoms with Gasteiger partial charge in [0.1, 0.15) is 18.0 Å². The van der Waals surface area contributed by atoms with Gasteiger partial charge in [-0.25, -0.2) is 15.2 Å². The first-order chi connectivity index (χ1) is 14.1. The molecule has 2 atom stereocenters. The van der Waals surface area contributed by atoms with E-state index >= 15 is 0 Å². The fraction of sp³-hybridized carbons (Fsp3) is 0.381. The zero-order valence-electron chi connectivity index (χ0n) is 16.5. The van der Waals surface area contributed by atoms with Crippen molar-refractivity contribution in [1.29, 1.82) is 0 Å². The quantitative estimate of drug-likeness (QED) is 0.611. The lowest BCUT2D eigenvalue weighted by Gasteiger charge is -2.37. The zero-order valence-corrected chi connectivity index (χ0v) is 16.5. The number of nitrogens with zero attached hydrogens (tertiary/aromatic N) is 2. The fourth-order valence-corrected chi connectivity index (χ4v) is 3.74. The van der Waals surface area contributed by atoms with Crippen molar-refractivity contribution in [3.05, 3.63) is 59.9 Å². The highest BCUT2D eigenvalue weighted by molar-refractivity contribution is 5.83. The lowest BCUT2D eigenvalue weighted by Crippen LogP contribution is -2.57. The largest absolute Gasteiger partial charge is 0.368 e. The van der Waals surface area contributed by atoms with Crippen molar-refractivity contribution < 1.29 is 9.18 Å². The van der Waals surface area contributed by atoms with Gasteiger partial charge in [-0.3, -0.25) is 4.79 Å². The highest BCUT2D eigenvalue weighted by Gasteiger charge is 2.36. The van der Waals surface area contributed by atoms with Gasteiger partial charge in [0.15, 0.2) is 0 Å². The van der Waals surface area contributed by atoms with Gasteiger partial charge in [-0.1, -0.05) is 19.1 Å². The van der Waals surface area contributed by atoms with Crippen LogP contribution in [0.4, 0.5) is 15.8 Å². The lowest BCUT2D eigenvalue weighted by molar-refractivity contribution is -0.133. The molecule has 154 valence electrons. The van der Waals surface area contributed by atoms with Crippen molar-refractivity contribution in [2.75, 3.05) is 36.4 Å². The molecule has 4 N–H and O–H groups in total. The summed E-state index contributed by atoms with van der Waals surface area (Å²) in [6.45, 7) is 4.83. The van der Waals surface area contributed by atoms with Gasteiger partial charge >= 0.3 is 0 Å². The first-order valence-corrected chi connectivity index (χ1v) is 10.0. The molecule has 29 heavy (non-hydrogen) atoms. The first-order valence-electron chi connectivity index (χ1n) is 10.0. The van der Waals surface area contributed by atoms with E-state index in [-0.39, 0.29) is 17.9 Å². The van der Waals surface area contributed by atoms with E-state index < -0.39 is 6.04 Å². The zero-order chi connectivity index (χ0) is 20.2. The maximum Gasteiger partial charge on any atom is 0.244 e. The molecule has 0 aliphatic carbocycles. The maximum atomic E-state index is 13.1. The second-order valence-corrected chi connectivity index (χ2v) is 7.35. The first kappa shape index (κ1) is 19.6. The molecule has 2 aliphatic rings. The summed E-state index contributed by atoms with van der Waals surface area (Å²) in [5.74, 6) is -0.193. The molecule has 0 radical (unpaired) electrons. The number of carbonyl (C=O) groups is 1. The third-order valence-corrected chi connectivity index (χ3v) is 5.52. The Bertz CT molecular complexity index is 820. The van der Waals surface area contributed by atoms with Crippen molar-refractivity contribution in [3.63, 3.8) is 0 Å². The molecule has 0 spiro atoms. The van der Waals surface area contributed by atoms with Crippen molar-refractivity contribution in [3.8, 4) is 0 Å². The highest BCUT2D eigenvalue weighted by Crippen LogP contribution is 2.18. The molecular formula is C21H27FN6O. The second kappa shape index (κ2) is 8.77. The van der Waals surface area contributed by atoms with E-state index in [1.54, 1.807) is 12.1 Å². The van der Waals surface area contributed by atoms with Crippen molar-refractivity contribution in [2.45, 2.75) is 25.6 Å². The molecule has 2 aromatic rings. The van der Waals surface area contributed by atoms with Crippen molar-refractivity contribution in [1.82, 2.24) is 21.3 Å². The van der Waals surface area contributed by atoms with E-state index in [4.69, 9.17) is 0 Å². The minimum Gasteiger partial charge on any atom is -0.368 e. The number of carbonyl (C=O) groups excluding carboxylic acids is 1. The minimum atomic E-state index is -0.418. The summed E-state index contributed by atoms with van der Waals surface area (Å²) in [4.78, 5) is 17.1. The van der Waals surface area contributed by atoms with Crippen LogP contribution in [0.15, 0.2) is 48.5 Å². The highest BCUT2D eigenvalue weighted by atomic mass is 19.1. The fourth-order valence-electron chi connectivity index (χ4n) is 3.74. The molecule has 8 heteroatoms. The Morgan fingerprint density at radius 2 is 1.72 bits per heavy atom. The van der Waals surface area contributed by atoms with E-state index in [0.29, 0.717) is 13.1 Å². The number of rotatable bonds is 5. The van der Waals surface area contributed by atoms with Gasteiger partial charge in [-0.15, -0.1) is 0 Å². The normalized spacial score (nSPS) is 22.0. The van der Waals surface area contributed by atoms with Gasteiger partial charge < -0.3 is 15.1 Å². The van der Waals surface area contributed by atoms with Crippen LogP contribution < -0.4 is 26.6 Å². The van der Waals surface area contributed by atoms with Crippen LogP contribution in [-0.2, 0) is 11.2 Å². The number of nitrogens with one attached hydrogen (secondary N) is 4. The van der Waals surface area contributed by atoms with Crippen LogP contribution in [0.3, 0.4) is 0 Å². The minimum absolute atomic E-state index is 0.0453. The summed E-state index contributed by atoms with van der Waals surface area (Å²) >= 11 is 0. The Balaban J connectivity index is 1.34. The van der Waals surface area contributed by atoms with Crippen LogP contribution in [0.5, 0.6) is 0 Å². The number of benzene rings is 2. The predicted octanol–water partition coefficient (Wildman–Crippen LogP) is 1.46. The summed E-state index contributed by atoms with van der Waals surface area (Å²) < 4.78 is 13.1. The monoisotopic (exact) mass is 398 g/mol. The molecule has 0 aromatic heterocycles. The van der Waals surface area contributed by atoms with Crippen LogP contribution in [0.1, 0.15) is 12.5 Å². The van der Waals surface area contributed by atoms with Gasteiger partial charge in [0.05, 0.1) is 0 Å². The molecule has 2 fully saturated rings. The number of halogens is 1. The van der Waals surface area contributed by atoms with Gasteiger partial charge in [0, 0.05) is 37.6 Å². The molecule has 2 unspecified atom stereocenters. The number of piperazine rings is 1. The average molecular weight is 398 g/mol. The van der Waals surface area contributed by atoms with Crippen molar-refractivity contribution in [2.24, 2.45) is 0 Å². The molecule has 0 saturated carbocycles. The van der Waals surface area contributed by atoms with E-state index in [1.165, 1.54) is 17.7 Å². The van der Waals surface area contributed by atoms with Gasteiger partial charge in [0.2, 0.25) is 5.91 Å². The van der Waals surface area contributed by atoms with Crippen LogP contribution in [0, 0.1) is 5.82 Å². The summed E-state index contributed by atoms with van der Waals surface area (Å²) in [5.41, 5.74) is 12.2. The second-order valence-electron chi connectivity index (χ2n) is 7.35. The Kier molecular flexibility index (Phi) is 5.94. The van der Waals surface area contributed by atoms with E-state index in [1.807, 2.05) is 17.0 Å². The Hall–Kier alpha value is -2.68. The smallest absolute Gasteiger partial charge is 0.244 e. The SMILES string of the molecule is CCc1ccc(NC2NNNC2C(=O)N2CCN(c3ccc(F)cc3)CC2)cc1. The molecule has 1 amide bonds. The number of hydrazine groups is 2. The topological polar surface area (TPSA) is 71.7 Å². The summed E-state index contributed by atoms with van der Waals surface area (Å²) in [5, 5.41) is 3.37. The third-order valence-electron chi connectivity index (χ3n) is 5.52.